The molecule has 0 aromatic heterocycles. The molecule has 0 saturated heterocycles. The zero-order valence-electron chi connectivity index (χ0n) is 13.3. The van der Waals surface area contributed by atoms with Crippen LogP contribution in [0.1, 0.15) is 18.1 Å². The molecule has 4 nitrogen and oxygen atoms in total. The van der Waals surface area contributed by atoms with Gasteiger partial charge in [0.25, 0.3) is 0 Å². The monoisotopic (exact) mass is 337 g/mol. The SMILES string of the molecule is Cc1cc(S(=O)(=O)N(C)CC(C)(O)c2ccccc2)ccc1F. The highest BCUT2D eigenvalue weighted by Gasteiger charge is 2.31. The molecule has 0 fully saturated rings. The Balaban J connectivity index is 2.28. The van der Waals surface area contributed by atoms with Gasteiger partial charge in [-0.25, -0.2) is 12.8 Å². The molecule has 0 aliphatic carbocycles. The lowest BCUT2D eigenvalue weighted by Crippen LogP contribution is -2.40. The lowest BCUT2D eigenvalue weighted by atomic mass is 9.96. The van der Waals surface area contributed by atoms with Crippen molar-refractivity contribution in [3.05, 3.63) is 65.5 Å². The van der Waals surface area contributed by atoms with Gasteiger partial charge in [-0.2, -0.15) is 4.31 Å². The van der Waals surface area contributed by atoms with Gasteiger partial charge in [0.05, 0.1) is 4.90 Å². The van der Waals surface area contributed by atoms with Crippen LogP contribution in [0.3, 0.4) is 0 Å². The smallest absolute Gasteiger partial charge is 0.242 e. The summed E-state index contributed by atoms with van der Waals surface area (Å²) in [6.45, 7) is 2.95. The van der Waals surface area contributed by atoms with Crippen molar-refractivity contribution in [1.82, 2.24) is 4.31 Å². The van der Waals surface area contributed by atoms with E-state index >= 15 is 0 Å². The second-order valence-corrected chi connectivity index (χ2v) is 7.86. The third-order valence-corrected chi connectivity index (χ3v) is 5.56. The summed E-state index contributed by atoms with van der Waals surface area (Å²) in [4.78, 5) is 0.00256. The molecule has 0 aliphatic heterocycles. The molecule has 2 aromatic carbocycles. The summed E-state index contributed by atoms with van der Waals surface area (Å²) >= 11 is 0. The number of nitrogens with zero attached hydrogens (tertiary/aromatic N) is 1. The Morgan fingerprint density at radius 3 is 2.35 bits per heavy atom. The van der Waals surface area contributed by atoms with Gasteiger partial charge in [0.2, 0.25) is 10.0 Å². The molecular weight excluding hydrogens is 317 g/mol. The first-order chi connectivity index (χ1) is 10.6. The first-order valence-electron chi connectivity index (χ1n) is 7.15. The van der Waals surface area contributed by atoms with Crippen LogP contribution in [-0.2, 0) is 15.6 Å². The largest absolute Gasteiger partial charge is 0.384 e. The number of rotatable bonds is 5. The van der Waals surface area contributed by atoms with E-state index in [9.17, 15) is 17.9 Å². The second kappa shape index (κ2) is 6.39. The number of halogens is 1. The minimum atomic E-state index is -3.81. The van der Waals surface area contributed by atoms with Crippen molar-refractivity contribution >= 4 is 10.0 Å². The maximum atomic E-state index is 13.3. The Bertz CT molecular complexity index is 789. The van der Waals surface area contributed by atoms with Crippen LogP contribution >= 0.6 is 0 Å². The maximum Gasteiger partial charge on any atom is 0.242 e. The molecule has 0 heterocycles. The number of aryl methyl sites for hydroxylation is 1. The van der Waals surface area contributed by atoms with Crippen molar-refractivity contribution in [2.45, 2.75) is 24.3 Å². The van der Waals surface area contributed by atoms with Crippen molar-refractivity contribution < 1.29 is 17.9 Å². The quantitative estimate of drug-likeness (QED) is 0.912. The lowest BCUT2D eigenvalue weighted by Gasteiger charge is -2.29. The Labute approximate surface area is 136 Å². The van der Waals surface area contributed by atoms with E-state index in [1.54, 1.807) is 31.2 Å². The highest BCUT2D eigenvalue weighted by atomic mass is 32.2. The third kappa shape index (κ3) is 3.77. The van der Waals surface area contributed by atoms with E-state index in [-0.39, 0.29) is 17.0 Å². The molecule has 0 radical (unpaired) electrons. The van der Waals surface area contributed by atoms with Gasteiger partial charge < -0.3 is 5.11 Å². The molecule has 2 rings (SSSR count). The van der Waals surface area contributed by atoms with Crippen molar-refractivity contribution in [2.24, 2.45) is 0 Å². The van der Waals surface area contributed by atoms with E-state index in [2.05, 4.69) is 0 Å². The molecule has 0 saturated carbocycles. The average molecular weight is 337 g/mol. The van der Waals surface area contributed by atoms with Gasteiger partial charge in [0.15, 0.2) is 0 Å². The second-order valence-electron chi connectivity index (χ2n) is 5.81. The van der Waals surface area contributed by atoms with Crippen LogP contribution in [0, 0.1) is 12.7 Å². The molecule has 1 unspecified atom stereocenters. The van der Waals surface area contributed by atoms with Crippen LogP contribution in [0.25, 0.3) is 0 Å². The van der Waals surface area contributed by atoms with Crippen molar-refractivity contribution in [3.63, 3.8) is 0 Å². The van der Waals surface area contributed by atoms with E-state index in [4.69, 9.17) is 0 Å². The summed E-state index contributed by atoms with van der Waals surface area (Å²) in [6.07, 6.45) is 0. The van der Waals surface area contributed by atoms with Crippen LogP contribution in [0.2, 0.25) is 0 Å². The minimum absolute atomic E-state index is 0.00256. The normalized spacial score (nSPS) is 14.7. The number of likely N-dealkylation sites (N-methyl/N-ethyl adjacent to an activating group) is 1. The highest BCUT2D eigenvalue weighted by Crippen LogP contribution is 2.25. The summed E-state index contributed by atoms with van der Waals surface area (Å²) in [6, 6.07) is 12.5. The van der Waals surface area contributed by atoms with Crippen LogP contribution in [0.5, 0.6) is 0 Å². The van der Waals surface area contributed by atoms with Gasteiger partial charge in [-0.15, -0.1) is 0 Å². The Hall–Kier alpha value is -1.76. The van der Waals surface area contributed by atoms with Crippen LogP contribution < -0.4 is 0 Å². The Kier molecular flexibility index (Phi) is 4.89. The number of aliphatic hydroxyl groups is 1. The average Bonchev–Trinajstić information content (AvgIpc) is 2.50. The fourth-order valence-corrected chi connectivity index (χ4v) is 3.71. The van der Waals surface area contributed by atoms with Crippen molar-refractivity contribution in [2.75, 3.05) is 13.6 Å². The number of sulfonamides is 1. The van der Waals surface area contributed by atoms with Gasteiger partial charge in [0, 0.05) is 13.6 Å². The molecular formula is C17H20FNO3S. The molecule has 1 N–H and O–H groups in total. The van der Waals surface area contributed by atoms with E-state index < -0.39 is 21.4 Å². The van der Waals surface area contributed by atoms with E-state index in [1.807, 2.05) is 6.07 Å². The molecule has 23 heavy (non-hydrogen) atoms. The molecule has 124 valence electrons. The Morgan fingerprint density at radius 1 is 1.17 bits per heavy atom. The van der Waals surface area contributed by atoms with Gasteiger partial charge in [-0.05, 0) is 43.2 Å². The zero-order chi connectivity index (χ0) is 17.3. The van der Waals surface area contributed by atoms with Crippen LogP contribution in [0.4, 0.5) is 4.39 Å². The molecule has 0 spiro atoms. The first-order valence-corrected chi connectivity index (χ1v) is 8.59. The summed E-state index contributed by atoms with van der Waals surface area (Å²) in [5.74, 6) is -0.456. The predicted octanol–water partition coefficient (Wildman–Crippen LogP) is 2.66. The van der Waals surface area contributed by atoms with Crippen LogP contribution in [0.15, 0.2) is 53.4 Å². The molecule has 0 aliphatic rings. The van der Waals surface area contributed by atoms with Crippen LogP contribution in [-0.4, -0.2) is 31.4 Å². The van der Waals surface area contributed by atoms with Crippen molar-refractivity contribution in [1.29, 1.82) is 0 Å². The van der Waals surface area contributed by atoms with Gasteiger partial charge in [-0.3, -0.25) is 0 Å². The van der Waals surface area contributed by atoms with E-state index in [0.29, 0.717) is 5.56 Å². The first kappa shape index (κ1) is 17.6. The van der Waals surface area contributed by atoms with E-state index in [0.717, 1.165) is 10.4 Å². The molecule has 1 atom stereocenters. The maximum absolute atomic E-state index is 13.3. The fraction of sp³-hybridized carbons (Fsp3) is 0.294. The lowest BCUT2D eigenvalue weighted by molar-refractivity contribution is 0.0416. The third-order valence-electron chi connectivity index (χ3n) is 3.76. The van der Waals surface area contributed by atoms with E-state index in [1.165, 1.54) is 26.1 Å². The molecule has 0 amide bonds. The summed E-state index contributed by atoms with van der Waals surface area (Å²) in [7, 11) is -2.42. The number of hydrogen-bond acceptors (Lipinski definition) is 3. The molecule has 2 aromatic rings. The van der Waals surface area contributed by atoms with Gasteiger partial charge in [-0.1, -0.05) is 30.3 Å². The van der Waals surface area contributed by atoms with Gasteiger partial charge in [0.1, 0.15) is 11.4 Å². The summed E-state index contributed by atoms with van der Waals surface area (Å²) in [5, 5.41) is 10.6. The number of hydrogen-bond donors (Lipinski definition) is 1. The van der Waals surface area contributed by atoms with Gasteiger partial charge >= 0.3 is 0 Å². The Morgan fingerprint density at radius 2 is 1.78 bits per heavy atom. The highest BCUT2D eigenvalue weighted by molar-refractivity contribution is 7.89. The standard InChI is InChI=1S/C17H20FNO3S/c1-13-11-15(9-10-16(13)18)23(21,22)19(3)12-17(2,20)14-7-5-4-6-8-14/h4-11,20H,12H2,1-3H3. The molecule has 0 bridgehead atoms. The summed E-state index contributed by atoms with van der Waals surface area (Å²) in [5.41, 5.74) is -0.454. The zero-order valence-corrected chi connectivity index (χ0v) is 14.1. The summed E-state index contributed by atoms with van der Waals surface area (Å²) < 4.78 is 39.6. The molecule has 6 heteroatoms. The van der Waals surface area contributed by atoms with Crippen molar-refractivity contribution in [3.8, 4) is 0 Å². The minimum Gasteiger partial charge on any atom is -0.384 e. The predicted molar refractivity (Wildman–Crippen MR) is 87.0 cm³/mol. The number of benzene rings is 2. The fourth-order valence-electron chi connectivity index (χ4n) is 2.36. The topological polar surface area (TPSA) is 57.6 Å².